The molecule has 4 aromatic rings. The molecule has 1 amide bonds. The number of anilines is 1. The first-order chi connectivity index (χ1) is 26.6. The monoisotopic (exact) mass is 769 g/mol. The number of aliphatic imine (C=N–C) groups is 1. The number of carboxylic acid groups (broad SMARTS) is 1. The van der Waals surface area contributed by atoms with E-state index in [-0.39, 0.29) is 31.1 Å². The van der Waals surface area contributed by atoms with Crippen LogP contribution in [-0.2, 0) is 35.0 Å². The first-order valence-electron chi connectivity index (χ1n) is 19.4. The summed E-state index contributed by atoms with van der Waals surface area (Å²) in [6.45, 7) is 12.4. The number of hydrogen-bond donors (Lipinski definition) is 1. The highest BCUT2D eigenvalue weighted by Crippen LogP contribution is 2.45. The summed E-state index contributed by atoms with van der Waals surface area (Å²) in [5.41, 5.74) is 2.35. The molecule has 2 fully saturated rings. The average Bonchev–Trinajstić information content (AvgIpc) is 3.83. The molecule has 7 rings (SSSR count). The lowest BCUT2D eigenvalue weighted by molar-refractivity contribution is -0.156. The molecule has 14 heteroatoms. The van der Waals surface area contributed by atoms with Crippen molar-refractivity contribution in [1.82, 2.24) is 14.9 Å². The molecule has 298 valence electrons. The minimum Gasteiger partial charge on any atom is -0.480 e. The average molecular weight is 770 g/mol. The number of aromatic nitrogens is 2. The van der Waals surface area contributed by atoms with Crippen molar-refractivity contribution in [2.75, 3.05) is 37.7 Å². The lowest BCUT2D eigenvalue weighted by atomic mass is 9.80. The maximum absolute atomic E-state index is 14.1. The summed E-state index contributed by atoms with van der Waals surface area (Å²) in [6.07, 6.45) is 1.99. The van der Waals surface area contributed by atoms with Crippen LogP contribution < -0.4 is 4.90 Å². The highest BCUT2D eigenvalue weighted by Gasteiger charge is 2.45. The van der Waals surface area contributed by atoms with Gasteiger partial charge in [0.2, 0.25) is 0 Å². The Balaban J connectivity index is 1.18. The van der Waals surface area contributed by atoms with Crippen molar-refractivity contribution in [3.05, 3.63) is 59.9 Å². The van der Waals surface area contributed by atoms with Gasteiger partial charge in [0.25, 0.3) is 0 Å². The summed E-state index contributed by atoms with van der Waals surface area (Å²) in [6, 6.07) is 14.9. The van der Waals surface area contributed by atoms with Gasteiger partial charge in [-0.25, -0.2) is 29.3 Å². The normalized spacial score (nSPS) is 20.3. The highest BCUT2D eigenvalue weighted by molar-refractivity contribution is 6.06. The number of nitrogens with zero attached hydrogens (tertiary/aromatic N) is 5. The van der Waals surface area contributed by atoms with Crippen LogP contribution in [0.3, 0.4) is 0 Å². The molecule has 0 spiro atoms. The van der Waals surface area contributed by atoms with Crippen LogP contribution >= 0.6 is 0 Å². The molecular weight excluding hydrogens is 718 g/mol. The third-order valence-corrected chi connectivity index (χ3v) is 10.1. The van der Waals surface area contributed by atoms with Gasteiger partial charge >= 0.3 is 18.0 Å². The van der Waals surface area contributed by atoms with E-state index < -0.39 is 35.3 Å². The number of rotatable bonds is 10. The fraction of sp³-hybridized carbons (Fsp3) is 0.524. The second kappa shape index (κ2) is 15.7. The Hall–Kier alpha value is -5.24. The largest absolute Gasteiger partial charge is 0.480 e. The number of benzene rings is 2. The number of esters is 1. The topological polar surface area (TPSA) is 166 Å². The van der Waals surface area contributed by atoms with Gasteiger partial charge in [-0.15, -0.1) is 0 Å². The first-order valence-corrected chi connectivity index (χ1v) is 19.4. The number of carbonyl (C=O) groups is 3. The summed E-state index contributed by atoms with van der Waals surface area (Å²) in [5, 5.41) is 9.79. The molecule has 2 aromatic heterocycles. The van der Waals surface area contributed by atoms with Crippen LogP contribution in [0, 0.1) is 5.92 Å². The van der Waals surface area contributed by atoms with E-state index in [9.17, 15) is 14.4 Å². The first kappa shape index (κ1) is 39.0. The van der Waals surface area contributed by atoms with Crippen LogP contribution in [0.25, 0.3) is 22.1 Å². The number of carboxylic acids is 1. The molecule has 2 aromatic carbocycles. The molecule has 3 atom stereocenters. The standard InChI is InChI=1S/C42H51N5O9/c1-41(2,3)55-39(50)30-22-26(53-38-34(27-12-7-9-14-29(27)43-38)25-17-19-46(20-18-25)40(51)56-42(4,5)6)23-47(30)37-36-35(28-13-8-10-15-31(28)54-36)44-32(45-37)16-11-21-52-24-33(48)49/h7-10,12-15,25-26,30,34H,11,16-24H2,1-6H3,(H,48,49)/t26-,30-,34?/m0/s1. The van der Waals surface area contributed by atoms with Gasteiger partial charge in [0.15, 0.2) is 17.3 Å². The summed E-state index contributed by atoms with van der Waals surface area (Å²) in [7, 11) is 0. The zero-order valence-corrected chi connectivity index (χ0v) is 32.9. The predicted molar refractivity (Wildman–Crippen MR) is 209 cm³/mol. The zero-order chi connectivity index (χ0) is 39.8. The Bertz CT molecular complexity index is 2130. The van der Waals surface area contributed by atoms with Crippen molar-refractivity contribution < 1.29 is 42.9 Å². The molecule has 0 radical (unpaired) electrons. The number of ether oxygens (including phenoxy) is 4. The lowest BCUT2D eigenvalue weighted by Gasteiger charge is -2.36. The fourth-order valence-electron chi connectivity index (χ4n) is 7.77. The van der Waals surface area contributed by atoms with Crippen LogP contribution in [0.2, 0.25) is 0 Å². The van der Waals surface area contributed by atoms with Gasteiger partial charge in [-0.3, -0.25) is 0 Å². The Morgan fingerprint density at radius 1 is 0.929 bits per heavy atom. The molecule has 1 N–H and O–H groups in total. The summed E-state index contributed by atoms with van der Waals surface area (Å²) in [5.74, 6) is 0.201. The Morgan fingerprint density at radius 2 is 1.64 bits per heavy atom. The number of aliphatic carboxylic acids is 1. The van der Waals surface area contributed by atoms with Crippen LogP contribution in [-0.4, -0.2) is 100 Å². The minimum atomic E-state index is -1.03. The number of para-hydroxylation sites is 2. The summed E-state index contributed by atoms with van der Waals surface area (Å²) in [4.78, 5) is 56.5. The molecule has 3 aliphatic heterocycles. The quantitative estimate of drug-likeness (QED) is 0.128. The molecule has 56 heavy (non-hydrogen) atoms. The summed E-state index contributed by atoms with van der Waals surface area (Å²) >= 11 is 0. The van der Waals surface area contributed by atoms with E-state index >= 15 is 0 Å². The van der Waals surface area contributed by atoms with Crippen molar-refractivity contribution in [2.24, 2.45) is 10.9 Å². The Morgan fingerprint density at radius 3 is 2.38 bits per heavy atom. The van der Waals surface area contributed by atoms with Gasteiger partial charge in [-0.1, -0.05) is 30.3 Å². The van der Waals surface area contributed by atoms with Crippen molar-refractivity contribution >= 4 is 57.5 Å². The number of carbonyl (C=O) groups excluding carboxylic acids is 2. The van der Waals surface area contributed by atoms with Crippen LogP contribution in [0.5, 0.6) is 0 Å². The Labute approximate surface area is 326 Å². The lowest BCUT2D eigenvalue weighted by Crippen LogP contribution is -2.43. The number of furan rings is 1. The molecule has 2 saturated heterocycles. The third-order valence-electron chi connectivity index (χ3n) is 10.1. The number of aryl methyl sites for hydroxylation is 1. The second-order valence-electron chi connectivity index (χ2n) is 16.8. The summed E-state index contributed by atoms with van der Waals surface area (Å²) < 4.78 is 30.2. The minimum absolute atomic E-state index is 0.114. The number of fused-ring (bicyclic) bond motifs is 4. The van der Waals surface area contributed by atoms with Gasteiger partial charge in [0, 0.05) is 37.9 Å². The predicted octanol–water partition coefficient (Wildman–Crippen LogP) is 7.19. The van der Waals surface area contributed by atoms with E-state index in [1.54, 1.807) is 4.90 Å². The number of piperidine rings is 1. The Kier molecular flexibility index (Phi) is 10.9. The van der Waals surface area contributed by atoms with E-state index in [2.05, 4.69) is 6.07 Å². The molecule has 3 aliphatic rings. The molecule has 1 unspecified atom stereocenters. The molecule has 0 bridgehead atoms. The van der Waals surface area contributed by atoms with Gasteiger partial charge in [0.05, 0.1) is 18.2 Å². The van der Waals surface area contributed by atoms with Crippen molar-refractivity contribution in [1.29, 1.82) is 0 Å². The van der Waals surface area contributed by atoms with E-state index in [0.717, 1.165) is 29.5 Å². The fourth-order valence-corrected chi connectivity index (χ4v) is 7.77. The van der Waals surface area contributed by atoms with E-state index in [1.807, 2.05) is 88.9 Å². The molecule has 14 nitrogen and oxygen atoms in total. The molecule has 0 saturated carbocycles. The van der Waals surface area contributed by atoms with Gasteiger partial charge in [0.1, 0.15) is 46.9 Å². The van der Waals surface area contributed by atoms with Gasteiger partial charge in [-0.2, -0.15) is 0 Å². The van der Waals surface area contributed by atoms with E-state index in [1.165, 1.54) is 0 Å². The van der Waals surface area contributed by atoms with Gasteiger partial charge < -0.3 is 38.3 Å². The SMILES string of the molecule is CC(C)(C)OC(=O)[C@@H]1C[C@H](OC2=Nc3ccccc3C2C2CCN(C(=O)OC(C)(C)C)CC2)CN1c1nc(CCCOCC(=O)O)nc2c1oc1ccccc12. The maximum atomic E-state index is 14.1. The second-order valence-corrected chi connectivity index (χ2v) is 16.8. The van der Waals surface area contributed by atoms with Crippen molar-refractivity contribution in [3.8, 4) is 0 Å². The molecular formula is C42H51N5O9. The van der Waals surface area contributed by atoms with Crippen LogP contribution in [0.1, 0.15) is 84.5 Å². The zero-order valence-electron chi connectivity index (χ0n) is 32.9. The number of hydrogen-bond acceptors (Lipinski definition) is 12. The van der Waals surface area contributed by atoms with Gasteiger partial charge in [-0.05, 0) is 90.5 Å². The smallest absolute Gasteiger partial charge is 0.410 e. The van der Waals surface area contributed by atoms with E-state index in [4.69, 9.17) is 43.4 Å². The number of likely N-dealkylation sites (tertiary alicyclic amines) is 1. The highest BCUT2D eigenvalue weighted by atomic mass is 16.6. The van der Waals surface area contributed by atoms with E-state index in [0.29, 0.717) is 73.1 Å². The van der Waals surface area contributed by atoms with Crippen molar-refractivity contribution in [3.63, 3.8) is 0 Å². The maximum Gasteiger partial charge on any atom is 0.410 e. The molecule has 5 heterocycles. The van der Waals surface area contributed by atoms with Crippen LogP contribution in [0.15, 0.2) is 57.9 Å². The third kappa shape index (κ3) is 8.75. The van der Waals surface area contributed by atoms with Crippen LogP contribution in [0.4, 0.5) is 16.3 Å². The molecule has 0 aliphatic carbocycles. The number of amides is 1. The van der Waals surface area contributed by atoms with Crippen molar-refractivity contribution in [2.45, 2.75) is 103 Å².